The monoisotopic (exact) mass is 874 g/mol. The van der Waals surface area contributed by atoms with Crippen LogP contribution in [0, 0.1) is 11.6 Å². The highest BCUT2D eigenvalue weighted by Gasteiger charge is 2.45. The minimum Gasteiger partial charge on any atom is -0.485 e. The molecule has 0 radical (unpaired) electrons. The van der Waals surface area contributed by atoms with Gasteiger partial charge in [0, 0.05) is 32.3 Å². The fourth-order valence-corrected chi connectivity index (χ4v) is 6.82. The second-order valence-corrected chi connectivity index (χ2v) is 15.6. The van der Waals surface area contributed by atoms with Gasteiger partial charge in [-0.2, -0.15) is 0 Å². The van der Waals surface area contributed by atoms with Crippen LogP contribution in [-0.4, -0.2) is 57.0 Å². The van der Waals surface area contributed by atoms with Crippen molar-refractivity contribution in [2.45, 2.75) is 77.0 Å². The molecule has 0 spiro atoms. The zero-order valence-electron chi connectivity index (χ0n) is 31.9. The smallest absolute Gasteiger partial charge is 0.253 e. The van der Waals surface area contributed by atoms with Gasteiger partial charge in [0.1, 0.15) is 46.5 Å². The highest BCUT2D eigenvalue weighted by Crippen LogP contribution is 2.42. The van der Waals surface area contributed by atoms with Gasteiger partial charge >= 0.3 is 0 Å². The van der Waals surface area contributed by atoms with Crippen molar-refractivity contribution in [3.8, 4) is 11.5 Å². The summed E-state index contributed by atoms with van der Waals surface area (Å²) in [6.45, 7) is 9.58. The number of aliphatic hydroxyl groups excluding tert-OH is 2. The van der Waals surface area contributed by atoms with Crippen LogP contribution in [0.4, 0.5) is 8.78 Å². The molecule has 4 atom stereocenters. The molecule has 10 nitrogen and oxygen atoms in total. The number of fused-ring (bicyclic) bond motifs is 2. The summed E-state index contributed by atoms with van der Waals surface area (Å²) in [5, 5.41) is 27.0. The molecule has 4 aromatic rings. The normalized spacial score (nSPS) is 20.9. The third-order valence-electron chi connectivity index (χ3n) is 9.09. The molecule has 2 aliphatic heterocycles. The molecular weight excluding hydrogens is 834 g/mol. The lowest BCUT2D eigenvalue weighted by Gasteiger charge is -2.42. The molecule has 4 N–H and O–H groups in total. The number of benzene rings is 4. The highest BCUT2D eigenvalue weighted by atomic mass is 79.9. The van der Waals surface area contributed by atoms with E-state index in [1.165, 1.54) is 26.0 Å². The summed E-state index contributed by atoms with van der Waals surface area (Å²) in [6, 6.07) is 11.3. The molecule has 0 unspecified atom stereocenters. The molecule has 0 aliphatic carbocycles. The minimum atomic E-state index is -1.16. The average molecular weight is 877 g/mol. The van der Waals surface area contributed by atoms with Gasteiger partial charge < -0.3 is 30.3 Å². The highest BCUT2D eigenvalue weighted by molar-refractivity contribution is 9.11. The number of aliphatic hydroxyl groups is 2. The summed E-state index contributed by atoms with van der Waals surface area (Å²) in [5.41, 5.74) is -0.220. The lowest BCUT2D eigenvalue weighted by molar-refractivity contribution is -0.0628. The van der Waals surface area contributed by atoms with Crippen LogP contribution in [0.25, 0.3) is 0 Å². The summed E-state index contributed by atoms with van der Waals surface area (Å²) in [5.74, 6) is -2.08. The molecule has 0 saturated carbocycles. The van der Waals surface area contributed by atoms with Crippen LogP contribution in [0.2, 0.25) is 0 Å². The van der Waals surface area contributed by atoms with Gasteiger partial charge in [0.2, 0.25) is 0 Å². The van der Waals surface area contributed by atoms with E-state index in [0.29, 0.717) is 33.8 Å². The van der Waals surface area contributed by atoms with Crippen LogP contribution in [0.3, 0.4) is 0 Å². The molecule has 54 heavy (non-hydrogen) atoms. The van der Waals surface area contributed by atoms with Crippen LogP contribution >= 0.6 is 31.9 Å². The van der Waals surface area contributed by atoms with Gasteiger partial charge in [-0.05, 0) is 146 Å². The maximum Gasteiger partial charge on any atom is 0.253 e. The third kappa shape index (κ3) is 8.57. The quantitative estimate of drug-likeness (QED) is 0.114. The summed E-state index contributed by atoms with van der Waals surface area (Å²) in [4.78, 5) is 49.1. The van der Waals surface area contributed by atoms with Gasteiger partial charge in [0.05, 0.1) is 24.9 Å². The van der Waals surface area contributed by atoms with Crippen molar-refractivity contribution in [1.29, 1.82) is 0 Å². The van der Waals surface area contributed by atoms with Gasteiger partial charge in [-0.3, -0.25) is 19.2 Å². The Labute approximate surface area is 330 Å². The molecule has 2 heterocycles. The summed E-state index contributed by atoms with van der Waals surface area (Å²) < 4.78 is 54.5. The number of carbonyl (C=O) groups excluding carboxylic acids is 4. The molecule has 6 rings (SSSR count). The van der Waals surface area contributed by atoms with Gasteiger partial charge in [-0.25, -0.2) is 8.78 Å². The molecule has 0 fully saturated rings. The van der Waals surface area contributed by atoms with Crippen LogP contribution in [-0.2, 0) is 0 Å². The number of amides is 2. The summed E-state index contributed by atoms with van der Waals surface area (Å²) in [6.07, 6.45) is -2.23. The maximum atomic E-state index is 13.7. The molecule has 284 valence electrons. The van der Waals surface area contributed by atoms with E-state index in [1.807, 2.05) is 0 Å². The topological polar surface area (TPSA) is 151 Å². The molecule has 2 amide bonds. The SMILES string of the molecule is CC(=O)c1ccc2c(c1)[C@H](NC(=O)c1cc(Br)c(F)cc1Br)[C@@H](O)C(C)(C)O2.[3H]c1cc(C(=O)N[C@H]2c3cc(C(C)=O)ccc3OC(C)(C)[C@@H]2O)c([3H])cc1F. The van der Waals surface area contributed by atoms with Crippen LogP contribution in [0.5, 0.6) is 11.5 Å². The minimum absolute atomic E-state index is 0.141. The van der Waals surface area contributed by atoms with E-state index in [0.717, 1.165) is 12.1 Å². The van der Waals surface area contributed by atoms with Crippen molar-refractivity contribution in [3.63, 3.8) is 0 Å². The first-order valence-electron chi connectivity index (χ1n) is 17.6. The molecule has 2 aliphatic rings. The zero-order chi connectivity index (χ0) is 41.6. The number of rotatable bonds is 6. The van der Waals surface area contributed by atoms with Crippen molar-refractivity contribution in [2.24, 2.45) is 0 Å². The molecule has 0 aromatic heterocycles. The number of hydrogen-bond donors (Lipinski definition) is 4. The zero-order valence-corrected chi connectivity index (χ0v) is 33.1. The Morgan fingerprint density at radius 1 is 0.685 bits per heavy atom. The van der Waals surface area contributed by atoms with Crippen LogP contribution in [0.15, 0.2) is 81.7 Å². The number of ether oxygens (including phenoxy) is 2. The Hall–Kier alpha value is -4.50. The Morgan fingerprint density at radius 2 is 1.17 bits per heavy atom. The standard InChI is InChI=1S/C20H18Br2FNO4.C20H20FNO4/c1-9(25)10-4-5-16-12(6-10)17(18(26)20(2,3)28-16)24-19(27)11-7-14(22)15(23)8-13(11)21;1-11(23)13-6-9-16-15(10-13)17(18(24)20(2,3)26-16)22-19(25)12-4-7-14(21)8-5-12/h4-8,17-18,26H,1-3H3,(H,24,27);4-10,17-18,24H,1-3H3,(H,22,25)/t2*17-,18+/m00/s1/i;4T,8T. The Morgan fingerprint density at radius 3 is 1.65 bits per heavy atom. The third-order valence-corrected chi connectivity index (χ3v) is 10.3. The van der Waals surface area contributed by atoms with Gasteiger partial charge in [0.25, 0.3) is 11.8 Å². The number of halogens is 4. The Kier molecular flexibility index (Phi) is 11.0. The number of hydrogen-bond acceptors (Lipinski definition) is 8. The van der Waals surface area contributed by atoms with Gasteiger partial charge in [-0.15, -0.1) is 0 Å². The molecule has 0 saturated heterocycles. The van der Waals surface area contributed by atoms with Crippen molar-refractivity contribution >= 4 is 55.2 Å². The van der Waals surface area contributed by atoms with Crippen molar-refractivity contribution < 1.29 is 50.4 Å². The Balaban J connectivity index is 0.000000214. The fourth-order valence-electron chi connectivity index (χ4n) is 5.98. The first-order chi connectivity index (χ1) is 26.0. The van der Waals surface area contributed by atoms with Crippen LogP contribution in [0.1, 0.15) is 109 Å². The average Bonchev–Trinajstić information content (AvgIpc) is 3.11. The lowest BCUT2D eigenvalue weighted by atomic mass is 9.85. The summed E-state index contributed by atoms with van der Waals surface area (Å²) in [7, 11) is 0. The van der Waals surface area contributed by atoms with Crippen molar-refractivity contribution in [2.75, 3.05) is 0 Å². The molecule has 14 heteroatoms. The fraction of sp³-hybridized carbons (Fsp3) is 0.300. The first kappa shape index (κ1) is 37.8. The second-order valence-electron chi connectivity index (χ2n) is 13.9. The first-order valence-corrected chi connectivity index (χ1v) is 18.2. The van der Waals surface area contributed by atoms with Gasteiger partial charge in [-0.1, -0.05) is 0 Å². The van der Waals surface area contributed by atoms with E-state index in [-0.39, 0.29) is 37.7 Å². The van der Waals surface area contributed by atoms with E-state index in [4.69, 9.17) is 12.2 Å². The number of ketones is 2. The largest absolute Gasteiger partial charge is 0.485 e. The van der Waals surface area contributed by atoms with E-state index < -0.39 is 65.0 Å². The molecular formula is C40H38Br2F2N2O8. The van der Waals surface area contributed by atoms with Crippen molar-refractivity contribution in [1.82, 2.24) is 10.6 Å². The maximum absolute atomic E-state index is 13.7. The molecule has 0 bridgehead atoms. The van der Waals surface area contributed by atoms with E-state index in [1.54, 1.807) is 64.1 Å². The van der Waals surface area contributed by atoms with E-state index >= 15 is 0 Å². The Bertz CT molecular complexity index is 2110. The lowest BCUT2D eigenvalue weighted by Crippen LogP contribution is -2.53. The van der Waals surface area contributed by atoms with E-state index in [2.05, 4.69) is 42.5 Å². The number of Topliss-reactive ketones (excluding diaryl/α,β-unsaturated/α-hetero) is 2. The second kappa shape index (κ2) is 15.7. The van der Waals surface area contributed by atoms with Gasteiger partial charge in [0.15, 0.2) is 11.6 Å². The van der Waals surface area contributed by atoms with Crippen LogP contribution < -0.4 is 20.1 Å². The van der Waals surface area contributed by atoms with Crippen molar-refractivity contribution in [3.05, 3.63) is 127 Å². The number of carbonyl (C=O) groups is 4. The predicted molar refractivity (Wildman–Crippen MR) is 203 cm³/mol. The predicted octanol–water partition coefficient (Wildman–Crippen LogP) is 7.59. The van der Waals surface area contributed by atoms with E-state index in [9.17, 15) is 38.2 Å². The summed E-state index contributed by atoms with van der Waals surface area (Å²) >= 11 is 6.27. The number of nitrogens with one attached hydrogen (secondary N) is 2. The molecule has 4 aromatic carbocycles.